The average molecular weight is 256 g/mol. The third-order valence-electron chi connectivity index (χ3n) is 3.32. The lowest BCUT2D eigenvalue weighted by Crippen LogP contribution is -2.47. The van der Waals surface area contributed by atoms with Gasteiger partial charge in [0.05, 0.1) is 11.5 Å². The van der Waals surface area contributed by atoms with Crippen molar-refractivity contribution in [1.82, 2.24) is 5.32 Å². The van der Waals surface area contributed by atoms with Gasteiger partial charge in [0.1, 0.15) is 0 Å². The third kappa shape index (κ3) is 2.83. The van der Waals surface area contributed by atoms with E-state index in [1.54, 1.807) is 11.4 Å². The van der Waals surface area contributed by atoms with Crippen LogP contribution < -0.4 is 5.32 Å². The summed E-state index contributed by atoms with van der Waals surface area (Å²) in [5, 5.41) is 25.2. The molecule has 0 radical (unpaired) electrons. The monoisotopic (exact) mass is 256 g/mol. The van der Waals surface area contributed by atoms with E-state index in [4.69, 9.17) is 0 Å². The van der Waals surface area contributed by atoms with Crippen LogP contribution in [0.4, 0.5) is 5.00 Å². The van der Waals surface area contributed by atoms with Crippen LogP contribution in [0.1, 0.15) is 25.3 Å². The molecule has 1 aromatic rings. The molecule has 0 spiro atoms. The summed E-state index contributed by atoms with van der Waals surface area (Å²) in [6.07, 6.45) is 2.29. The molecular formula is C11H16N2O3S. The summed E-state index contributed by atoms with van der Waals surface area (Å²) in [5.41, 5.74) is 0.651. The van der Waals surface area contributed by atoms with E-state index in [-0.39, 0.29) is 22.1 Å². The maximum Gasteiger partial charge on any atom is 0.324 e. The van der Waals surface area contributed by atoms with Gasteiger partial charge >= 0.3 is 5.00 Å². The maximum absolute atomic E-state index is 10.5. The SMILES string of the molecule is CC(CO)(NCc1csc([N+](=O)[O-])c1)C1CC1. The van der Waals surface area contributed by atoms with Crippen LogP contribution >= 0.6 is 11.3 Å². The first-order valence-corrected chi connectivity index (χ1v) is 6.51. The molecule has 17 heavy (non-hydrogen) atoms. The summed E-state index contributed by atoms with van der Waals surface area (Å²) in [6.45, 7) is 2.67. The van der Waals surface area contributed by atoms with Gasteiger partial charge in [-0.2, -0.15) is 0 Å². The second kappa shape index (κ2) is 4.72. The van der Waals surface area contributed by atoms with Crippen molar-refractivity contribution in [3.05, 3.63) is 27.1 Å². The van der Waals surface area contributed by atoms with Gasteiger partial charge in [-0.3, -0.25) is 10.1 Å². The normalized spacial score (nSPS) is 18.9. The highest BCUT2D eigenvalue weighted by molar-refractivity contribution is 7.13. The molecule has 1 saturated carbocycles. The molecule has 2 rings (SSSR count). The van der Waals surface area contributed by atoms with Gasteiger partial charge in [0, 0.05) is 23.5 Å². The van der Waals surface area contributed by atoms with E-state index in [0.29, 0.717) is 12.5 Å². The Morgan fingerprint density at radius 1 is 1.71 bits per heavy atom. The number of thiophene rings is 1. The Morgan fingerprint density at radius 2 is 2.41 bits per heavy atom. The number of rotatable bonds is 6. The molecule has 1 aliphatic rings. The molecule has 1 atom stereocenters. The van der Waals surface area contributed by atoms with Crippen LogP contribution in [0.15, 0.2) is 11.4 Å². The van der Waals surface area contributed by atoms with Gasteiger partial charge in [-0.15, -0.1) is 0 Å². The summed E-state index contributed by atoms with van der Waals surface area (Å²) in [7, 11) is 0. The van der Waals surface area contributed by atoms with Crippen molar-refractivity contribution < 1.29 is 10.0 Å². The summed E-state index contributed by atoms with van der Waals surface area (Å²) >= 11 is 1.14. The molecule has 0 saturated heterocycles. The molecule has 1 aliphatic carbocycles. The molecular weight excluding hydrogens is 240 g/mol. The lowest BCUT2D eigenvalue weighted by Gasteiger charge is -2.28. The van der Waals surface area contributed by atoms with Crippen LogP contribution in [0, 0.1) is 16.0 Å². The van der Waals surface area contributed by atoms with Gasteiger partial charge in [0.15, 0.2) is 0 Å². The minimum Gasteiger partial charge on any atom is -0.394 e. The van der Waals surface area contributed by atoms with Crippen molar-refractivity contribution in [2.75, 3.05) is 6.61 Å². The van der Waals surface area contributed by atoms with Gasteiger partial charge in [0.2, 0.25) is 0 Å². The zero-order chi connectivity index (χ0) is 12.5. The summed E-state index contributed by atoms with van der Waals surface area (Å²) in [5.74, 6) is 0.529. The smallest absolute Gasteiger partial charge is 0.324 e. The van der Waals surface area contributed by atoms with E-state index in [1.807, 2.05) is 6.92 Å². The van der Waals surface area contributed by atoms with E-state index < -0.39 is 0 Å². The zero-order valence-corrected chi connectivity index (χ0v) is 10.5. The standard InChI is InChI=1S/C11H16N2O3S/c1-11(7-14,9-2-3-9)12-5-8-4-10(13(15)16)17-6-8/h4,6,9,12,14H,2-3,5,7H2,1H3. The van der Waals surface area contributed by atoms with Gasteiger partial charge in [-0.25, -0.2) is 0 Å². The maximum atomic E-state index is 10.5. The molecule has 1 heterocycles. The summed E-state index contributed by atoms with van der Waals surface area (Å²) < 4.78 is 0. The van der Waals surface area contributed by atoms with Crippen molar-refractivity contribution in [3.8, 4) is 0 Å². The molecule has 0 aliphatic heterocycles. The first kappa shape index (κ1) is 12.5. The van der Waals surface area contributed by atoms with Crippen LogP contribution in [0.25, 0.3) is 0 Å². The molecule has 1 fully saturated rings. The van der Waals surface area contributed by atoms with Crippen LogP contribution in [0.3, 0.4) is 0 Å². The fourth-order valence-corrected chi connectivity index (χ4v) is 2.63. The zero-order valence-electron chi connectivity index (χ0n) is 9.68. The highest BCUT2D eigenvalue weighted by atomic mass is 32.1. The van der Waals surface area contributed by atoms with Crippen LogP contribution in [0.5, 0.6) is 0 Å². The Hall–Kier alpha value is -0.980. The molecule has 5 nitrogen and oxygen atoms in total. The number of aliphatic hydroxyl groups is 1. The molecule has 1 aromatic heterocycles. The summed E-state index contributed by atoms with van der Waals surface area (Å²) in [6, 6.07) is 1.59. The van der Waals surface area contributed by atoms with Crippen molar-refractivity contribution in [2.24, 2.45) is 5.92 Å². The van der Waals surface area contributed by atoms with Crippen molar-refractivity contribution in [1.29, 1.82) is 0 Å². The van der Waals surface area contributed by atoms with Crippen LogP contribution in [0.2, 0.25) is 0 Å². The summed E-state index contributed by atoms with van der Waals surface area (Å²) in [4.78, 5) is 10.2. The van der Waals surface area contributed by atoms with E-state index in [2.05, 4.69) is 5.32 Å². The first-order valence-electron chi connectivity index (χ1n) is 5.63. The largest absolute Gasteiger partial charge is 0.394 e. The molecule has 0 aromatic carbocycles. The molecule has 2 N–H and O–H groups in total. The predicted molar refractivity (Wildman–Crippen MR) is 66.0 cm³/mol. The number of hydrogen-bond acceptors (Lipinski definition) is 5. The first-order chi connectivity index (χ1) is 8.05. The molecule has 6 heteroatoms. The van der Waals surface area contributed by atoms with Gasteiger partial charge in [-0.05, 0) is 31.2 Å². The second-order valence-corrected chi connectivity index (χ2v) is 5.64. The minimum absolute atomic E-state index is 0.101. The number of hydrogen-bond donors (Lipinski definition) is 2. The van der Waals surface area contributed by atoms with Gasteiger partial charge in [0.25, 0.3) is 0 Å². The number of nitrogens with one attached hydrogen (secondary N) is 1. The van der Waals surface area contributed by atoms with Gasteiger partial charge in [-0.1, -0.05) is 11.3 Å². The highest BCUT2D eigenvalue weighted by Crippen LogP contribution is 2.39. The predicted octanol–water partition coefficient (Wildman–Crippen LogP) is 1.91. The molecule has 0 bridgehead atoms. The lowest BCUT2D eigenvalue weighted by atomic mass is 9.97. The van der Waals surface area contributed by atoms with Gasteiger partial charge < -0.3 is 10.4 Å². The van der Waals surface area contributed by atoms with E-state index >= 15 is 0 Å². The fraction of sp³-hybridized carbons (Fsp3) is 0.636. The number of aliphatic hydroxyl groups excluding tert-OH is 1. The quantitative estimate of drug-likeness (QED) is 0.602. The average Bonchev–Trinajstić information content (AvgIpc) is 3.05. The number of nitrogens with zero attached hydrogens (tertiary/aromatic N) is 1. The van der Waals surface area contributed by atoms with Crippen LogP contribution in [-0.4, -0.2) is 22.2 Å². The third-order valence-corrected chi connectivity index (χ3v) is 4.25. The van der Waals surface area contributed by atoms with Crippen molar-refractivity contribution >= 4 is 16.3 Å². The fourth-order valence-electron chi connectivity index (χ4n) is 1.90. The van der Waals surface area contributed by atoms with Crippen LogP contribution in [-0.2, 0) is 6.54 Å². The van der Waals surface area contributed by atoms with E-state index in [9.17, 15) is 15.2 Å². The molecule has 0 amide bonds. The highest BCUT2D eigenvalue weighted by Gasteiger charge is 2.40. The topological polar surface area (TPSA) is 75.4 Å². The Labute approximate surface area is 104 Å². The molecule has 1 unspecified atom stereocenters. The van der Waals surface area contributed by atoms with E-state index in [1.165, 1.54) is 0 Å². The second-order valence-electron chi connectivity index (χ2n) is 4.75. The Bertz CT molecular complexity index is 417. The lowest BCUT2D eigenvalue weighted by molar-refractivity contribution is -0.380. The minimum atomic E-state index is -0.375. The van der Waals surface area contributed by atoms with Crippen molar-refractivity contribution in [3.63, 3.8) is 0 Å². The Morgan fingerprint density at radius 3 is 2.88 bits per heavy atom. The van der Waals surface area contributed by atoms with Crippen molar-refractivity contribution in [2.45, 2.75) is 31.8 Å². The Kier molecular flexibility index (Phi) is 3.46. The number of nitro groups is 1. The Balaban J connectivity index is 1.94. The van der Waals surface area contributed by atoms with E-state index in [0.717, 1.165) is 29.7 Å². The molecule has 94 valence electrons.